The molecular weight excluding hydrogens is 1900 g/mol. The zero-order valence-electron chi connectivity index (χ0n) is 69.8. The average molecular weight is 1970 g/mol. The summed E-state index contributed by atoms with van der Waals surface area (Å²) in [6.07, 6.45) is 17.7. The van der Waals surface area contributed by atoms with E-state index in [0.717, 1.165) is 101 Å². The number of rotatable bonds is 21. The Labute approximate surface area is 788 Å². The van der Waals surface area contributed by atoms with Crippen LogP contribution in [0.15, 0.2) is 230 Å². The third-order valence-electron chi connectivity index (χ3n) is 17.1. The number of anilines is 2. The number of nitro benzene ring substituents is 2. The number of thiocarbonyl (C=S) groups is 2. The van der Waals surface area contributed by atoms with Crippen LogP contribution in [-0.4, -0.2) is 124 Å². The molecule has 0 bridgehead atoms. The van der Waals surface area contributed by atoms with E-state index in [4.69, 9.17) is 63.1 Å². The van der Waals surface area contributed by atoms with Crippen LogP contribution >= 0.6 is 69.8 Å². The Bertz CT molecular complexity index is 7100. The number of carboxylic acid groups (broad SMARTS) is 2. The predicted molar refractivity (Wildman–Crippen MR) is 499 cm³/mol. The number of nitrogens with one attached hydrogen (secondary N) is 2. The third kappa shape index (κ3) is 28.8. The molecule has 11 aromatic heterocycles. The van der Waals surface area contributed by atoms with Crippen molar-refractivity contribution in [2.24, 2.45) is 4.99 Å². The minimum atomic E-state index is -0.833. The van der Waals surface area contributed by atoms with E-state index >= 15 is 0 Å². The first-order chi connectivity index (χ1) is 63.0. The van der Waals surface area contributed by atoms with Crippen LogP contribution in [0.25, 0.3) is 72.6 Å². The van der Waals surface area contributed by atoms with Crippen molar-refractivity contribution in [1.29, 1.82) is 0 Å². The van der Waals surface area contributed by atoms with Crippen LogP contribution in [0.1, 0.15) is 50.6 Å². The zero-order valence-corrected chi connectivity index (χ0v) is 75.6. The second-order valence-electron chi connectivity index (χ2n) is 26.5. The van der Waals surface area contributed by atoms with Gasteiger partial charge in [-0.25, -0.2) is 17.6 Å². The Morgan fingerprint density at radius 1 is 0.504 bits per heavy atom. The Morgan fingerprint density at radius 2 is 0.850 bits per heavy atom. The van der Waals surface area contributed by atoms with Gasteiger partial charge in [-0.1, -0.05) is 82.2 Å². The molecule has 6 aromatic carbocycles. The number of fused-ring (bicyclic) bond motifs is 4. The van der Waals surface area contributed by atoms with Crippen molar-refractivity contribution in [3.8, 4) is 90.1 Å². The minimum Gasteiger partial charge on any atom is -0.481 e. The maximum absolute atomic E-state index is 14.9. The van der Waals surface area contributed by atoms with Crippen LogP contribution in [0, 0.1) is 55.8 Å². The Hall–Kier alpha value is -15.5. The number of ether oxygens (including phenoxy) is 4. The summed E-state index contributed by atoms with van der Waals surface area (Å²) in [7, 11) is 0. The summed E-state index contributed by atoms with van der Waals surface area (Å²) in [5, 5.41) is 68.4. The van der Waals surface area contributed by atoms with Gasteiger partial charge in [0.15, 0.2) is 51.4 Å². The molecule has 683 valence electrons. The van der Waals surface area contributed by atoms with E-state index in [1.54, 1.807) is 75.1 Å². The summed E-state index contributed by atoms with van der Waals surface area (Å²) < 4.78 is 88.0. The van der Waals surface area contributed by atoms with Gasteiger partial charge in [0.1, 0.15) is 40.1 Å². The quantitative estimate of drug-likeness (QED) is 0.00652. The minimum absolute atomic E-state index is 0. The van der Waals surface area contributed by atoms with Crippen LogP contribution < -0.4 is 35.3 Å². The van der Waals surface area contributed by atoms with Crippen molar-refractivity contribution in [3.63, 3.8) is 0 Å². The first-order valence-corrected chi connectivity index (χ1v) is 42.5. The number of carbonyl (C=O) groups excluding carboxylic acids is 2. The number of nitrogens with two attached hydrogens (primary N) is 1. The SMILES string of the molecule is C#Cc1cc2nccc(Oc3ccc([N+](=O)[O-])cc3F)c2s1.CC(=O)O.CC(=O)O.CCn1cc(-c2cc3nccc(Oc4ccc(N)cc4F)c3s2)nn1.CCn1cc(-c2cc3nccc(Oc4ccc(NC(=S)NC(=O)Cc5ccccc5)cc4F)c3s2)nn1.CCn1cc(-c2cc3nccc(Oc4ccc([N+](=O)[O-])cc4F)c3s2)nn1.O.O=C(Cc1ccccc1)N=C=S.[Cu]. The molecule has 0 saturated carbocycles. The molecule has 133 heavy (non-hydrogen) atoms. The summed E-state index contributed by atoms with van der Waals surface area (Å²) in [4.78, 5) is 85.1. The number of nitrogen functional groups attached to an aromatic ring is 1. The number of carboxylic acids is 2. The number of hydrogen-bond acceptors (Lipinski definition) is 29. The van der Waals surface area contributed by atoms with Gasteiger partial charge in [-0.15, -0.1) is 67.1 Å². The smallest absolute Gasteiger partial charge is 0.300 e. The normalized spacial score (nSPS) is 10.2. The largest absolute Gasteiger partial charge is 0.481 e. The molecule has 0 unspecified atom stereocenters. The third-order valence-corrected chi connectivity index (χ3v) is 21.9. The number of amides is 2. The standard InChI is InChI=1S/C26H21FN6O2S2.C17H12FN5O3S.C17H14FN5OS.C15H7FN2O3S.C9H7NOS.2C2H4O2.Cu.H2O/c1-2-33-15-20(31-32-33)23-14-19-25(37-23)22(10-11-28-19)35-21-9-8-17(13-18(21)27)29-26(36)30-24(34)12-16-6-4-3-5-7-16;1-2-22-9-13(20-21-22)16-8-12-17(27-16)15(5-6-19-12)26-14-4-3-10(23(24)25)7-11(14)18;1-2-23-9-13(21-22-23)16-8-12-17(25-16)15(5-6-20-12)24-14-4-3-10(19)7-11(14)18;1-2-10-8-12-15(22-10)14(5-6-17-12)21-13-4-3-9(18(19)20)7-11(13)16;11-9(10-7-12)6-8-4-2-1-3-5-8;2*1-2(3)4;;/h3-11,13-15H,2,12H2,1H3,(H2,29,30,34,36);3-9H,2H2,1H3;3-9H,2,19H2,1H3;1,3-8H;1-5H,6H2;2*1H3,(H,3,4);;1H2. The maximum Gasteiger partial charge on any atom is 0.300 e. The molecule has 8 N–H and O–H groups in total. The average Bonchev–Trinajstić information content (AvgIpc) is 1.68. The molecule has 0 saturated heterocycles. The second kappa shape index (κ2) is 48.8. The number of carbonyl (C=O) groups is 4. The Balaban J connectivity index is 0.000000188. The first-order valence-electron chi connectivity index (χ1n) is 38.4. The van der Waals surface area contributed by atoms with E-state index in [1.165, 1.54) is 100 Å². The molecule has 17 aromatic rings. The van der Waals surface area contributed by atoms with E-state index in [2.05, 4.69) is 84.6 Å². The molecule has 0 atom stereocenters. The first kappa shape index (κ1) is 101. The van der Waals surface area contributed by atoms with E-state index in [0.29, 0.717) is 73.6 Å². The van der Waals surface area contributed by atoms with Crippen molar-refractivity contribution >= 4 is 167 Å². The van der Waals surface area contributed by atoms with E-state index in [9.17, 15) is 47.4 Å². The number of aliphatic carboxylic acids is 2. The van der Waals surface area contributed by atoms with Crippen LogP contribution in [0.4, 0.5) is 40.3 Å². The molecule has 0 aliphatic heterocycles. The molecule has 17 rings (SSSR count). The van der Waals surface area contributed by atoms with Gasteiger partial charge >= 0.3 is 0 Å². The molecule has 0 fully saturated rings. The molecule has 0 aliphatic rings. The Morgan fingerprint density at radius 3 is 1.19 bits per heavy atom. The summed E-state index contributed by atoms with van der Waals surface area (Å²) in [6, 6.07) is 47.9. The summed E-state index contributed by atoms with van der Waals surface area (Å²) in [6.45, 7) is 10.3. The summed E-state index contributed by atoms with van der Waals surface area (Å²) >= 11 is 15.1. The van der Waals surface area contributed by atoms with Crippen molar-refractivity contribution in [3.05, 3.63) is 285 Å². The molecule has 45 heteroatoms. The molecule has 1 radical (unpaired) electrons. The molecule has 11 heterocycles. The topological polar surface area (TPSA) is 470 Å². The molecule has 0 spiro atoms. The fourth-order valence-electron chi connectivity index (χ4n) is 11.2. The molecule has 2 amide bonds. The number of aromatic nitrogens is 13. The predicted octanol–water partition coefficient (Wildman–Crippen LogP) is 19.4. The van der Waals surface area contributed by atoms with Crippen LogP contribution in [0.2, 0.25) is 0 Å². The number of aryl methyl sites for hydroxylation is 3. The van der Waals surface area contributed by atoms with Gasteiger partial charge in [0, 0.05) is 135 Å². The van der Waals surface area contributed by atoms with E-state index in [-0.39, 0.29) is 80.3 Å². The van der Waals surface area contributed by atoms with Crippen molar-refractivity contribution in [2.75, 3.05) is 11.1 Å². The van der Waals surface area contributed by atoms with Crippen LogP contribution in [0.5, 0.6) is 46.0 Å². The number of aliphatic imine (C=N–C) groups is 1. The van der Waals surface area contributed by atoms with Crippen molar-refractivity contribution in [1.82, 2.24) is 70.2 Å². The molecular formula is C88H71CuF4N19O15S6. The number of nitrogens with zero attached hydrogens (tertiary/aromatic N) is 16. The second-order valence-corrected chi connectivity index (χ2v) is 31.3. The zero-order chi connectivity index (χ0) is 93.8. The number of halogens is 4. The van der Waals surface area contributed by atoms with Gasteiger partial charge in [0.05, 0.1) is 119 Å². The summed E-state index contributed by atoms with van der Waals surface area (Å²) in [5.74, 6) is -0.607. The number of benzene rings is 6. The van der Waals surface area contributed by atoms with Gasteiger partial charge < -0.3 is 51.0 Å². The number of pyridine rings is 4. The number of hydrogen-bond donors (Lipinski definition) is 5. The van der Waals surface area contributed by atoms with Gasteiger partial charge in [-0.2, -0.15) is 4.99 Å². The van der Waals surface area contributed by atoms with Gasteiger partial charge in [-0.3, -0.25) is 73.4 Å². The van der Waals surface area contributed by atoms with Gasteiger partial charge in [0.2, 0.25) is 5.91 Å². The van der Waals surface area contributed by atoms with Crippen molar-refractivity contribution < 1.29 is 98.3 Å². The van der Waals surface area contributed by atoms with E-state index < -0.39 is 45.1 Å². The summed E-state index contributed by atoms with van der Waals surface area (Å²) in [5.41, 5.74) is 12.5. The molecule has 0 aliphatic carbocycles. The number of non-ortho nitro benzene ring substituents is 2. The van der Waals surface area contributed by atoms with Gasteiger partial charge in [0.25, 0.3) is 29.2 Å². The fourth-order valence-corrected chi connectivity index (χ4v) is 15.5. The maximum atomic E-state index is 14.9. The number of isothiocyanates is 1. The number of thiophene rings is 4. The van der Waals surface area contributed by atoms with Crippen LogP contribution in [0.3, 0.4) is 0 Å². The van der Waals surface area contributed by atoms with Crippen molar-refractivity contribution in [2.45, 2.75) is 67.1 Å². The monoisotopic (exact) mass is 1960 g/mol. The van der Waals surface area contributed by atoms with E-state index in [1.807, 2.05) is 123 Å². The van der Waals surface area contributed by atoms with Gasteiger partial charge in [-0.05, 0) is 117 Å². The molecule has 34 nitrogen and oxygen atoms in total. The Kier molecular flexibility index (Phi) is 37.1. The van der Waals surface area contributed by atoms with Crippen LogP contribution in [-0.2, 0) is 68.7 Å². The number of nitro groups is 2. The number of terminal acetylenes is 1. The fraction of sp³-hybridized carbons (Fsp3) is 0.114.